The van der Waals surface area contributed by atoms with E-state index in [2.05, 4.69) is 31.1 Å². The zero-order valence-electron chi connectivity index (χ0n) is 19.5. The Morgan fingerprint density at radius 1 is 1.12 bits per heavy atom. The summed E-state index contributed by atoms with van der Waals surface area (Å²) in [7, 11) is 2.08. The van der Waals surface area contributed by atoms with Gasteiger partial charge in [-0.15, -0.1) is 0 Å². The minimum Gasteiger partial charge on any atom is -0.325 e. The molecule has 1 amide bonds. The number of benzene rings is 1. The molecule has 1 aromatic carbocycles. The Labute approximate surface area is 207 Å². The molecule has 1 aliphatic heterocycles. The van der Waals surface area contributed by atoms with Crippen molar-refractivity contribution in [3.8, 4) is 0 Å². The van der Waals surface area contributed by atoms with Crippen LogP contribution in [0.15, 0.2) is 17.0 Å². The van der Waals surface area contributed by atoms with Gasteiger partial charge in [-0.2, -0.15) is 0 Å². The molecule has 0 atom stereocenters. The predicted molar refractivity (Wildman–Crippen MR) is 136 cm³/mol. The molecule has 7 heteroatoms. The van der Waals surface area contributed by atoms with E-state index < -0.39 is 0 Å². The highest BCUT2D eigenvalue weighted by molar-refractivity contribution is 8.13. The number of piperidine rings is 1. The molecule has 3 rings (SSSR count). The number of likely N-dealkylation sites (tertiary alicyclic amines) is 1. The smallest absolute Gasteiger partial charge is 0.230 e. The average molecular weight is 500 g/mol. The Bertz CT molecular complexity index is 816. The summed E-state index contributed by atoms with van der Waals surface area (Å²) in [6.45, 7) is 6.27. The fraction of sp³-hybridized carbons (Fsp3) is 0.680. The van der Waals surface area contributed by atoms with Gasteiger partial charge in [-0.3, -0.25) is 9.59 Å². The fourth-order valence-corrected chi connectivity index (χ4v) is 6.19. The van der Waals surface area contributed by atoms with Crippen molar-refractivity contribution in [2.75, 3.05) is 25.5 Å². The average Bonchev–Trinajstić information content (AvgIpc) is 2.76. The van der Waals surface area contributed by atoms with Gasteiger partial charge in [-0.25, -0.2) is 0 Å². The van der Waals surface area contributed by atoms with Crippen LogP contribution in [0.1, 0.15) is 71.6 Å². The molecule has 1 saturated heterocycles. The summed E-state index contributed by atoms with van der Waals surface area (Å²) in [6, 6.07) is 3.42. The lowest BCUT2D eigenvalue weighted by molar-refractivity contribution is -0.128. The Hall–Kier alpha value is -0.750. The van der Waals surface area contributed by atoms with Gasteiger partial charge in [0.25, 0.3) is 0 Å². The van der Waals surface area contributed by atoms with Gasteiger partial charge in [0.2, 0.25) is 5.91 Å². The van der Waals surface area contributed by atoms with Crippen molar-refractivity contribution in [2.45, 2.75) is 76.5 Å². The van der Waals surface area contributed by atoms with Crippen LogP contribution in [0.2, 0.25) is 10.0 Å². The molecule has 0 unspecified atom stereocenters. The Morgan fingerprint density at radius 3 is 2.38 bits per heavy atom. The van der Waals surface area contributed by atoms with Gasteiger partial charge in [0.05, 0.1) is 15.7 Å². The molecule has 1 N–H and O–H groups in total. The number of thioether (sulfide) groups is 1. The summed E-state index contributed by atoms with van der Waals surface area (Å²) in [5.41, 5.74) is 0.263. The van der Waals surface area contributed by atoms with Crippen LogP contribution >= 0.6 is 35.0 Å². The van der Waals surface area contributed by atoms with Crippen LogP contribution in [0.4, 0.5) is 5.69 Å². The van der Waals surface area contributed by atoms with E-state index in [1.165, 1.54) is 18.2 Å². The number of halogens is 2. The molecule has 0 bridgehead atoms. The summed E-state index contributed by atoms with van der Waals surface area (Å²) in [5.74, 6) is 0.652. The second-order valence-corrected chi connectivity index (χ2v) is 11.8. The highest BCUT2D eigenvalue weighted by Crippen LogP contribution is 2.44. The Kier molecular flexibility index (Phi) is 9.37. The minimum absolute atomic E-state index is 0.0323. The van der Waals surface area contributed by atoms with Gasteiger partial charge in [0.15, 0.2) is 5.12 Å². The zero-order chi connectivity index (χ0) is 23.3. The van der Waals surface area contributed by atoms with E-state index in [0.29, 0.717) is 26.5 Å². The first kappa shape index (κ1) is 25.9. The molecule has 2 fully saturated rings. The molecule has 4 nitrogen and oxygen atoms in total. The number of anilines is 1. The number of carbonyl (C=O) groups excluding carboxylic acids is 2. The topological polar surface area (TPSA) is 49.4 Å². The number of amides is 1. The van der Waals surface area contributed by atoms with Crippen LogP contribution in [0.5, 0.6) is 0 Å². The quantitative estimate of drug-likeness (QED) is 0.401. The van der Waals surface area contributed by atoms with Gasteiger partial charge in [0.1, 0.15) is 0 Å². The molecule has 0 spiro atoms. The third-order valence-electron chi connectivity index (χ3n) is 7.03. The van der Waals surface area contributed by atoms with Gasteiger partial charge >= 0.3 is 0 Å². The number of hydrogen-bond acceptors (Lipinski definition) is 4. The third kappa shape index (κ3) is 6.65. The highest BCUT2D eigenvalue weighted by Gasteiger charge is 2.39. The van der Waals surface area contributed by atoms with Crippen LogP contribution in [0.3, 0.4) is 0 Å². The van der Waals surface area contributed by atoms with Crippen LogP contribution in [-0.4, -0.2) is 36.1 Å². The minimum atomic E-state index is -0.339. The number of nitrogens with zero attached hydrogens (tertiary/aromatic N) is 1. The maximum Gasteiger partial charge on any atom is 0.230 e. The van der Waals surface area contributed by atoms with Crippen LogP contribution in [0.25, 0.3) is 0 Å². The maximum atomic E-state index is 13.6. The summed E-state index contributed by atoms with van der Waals surface area (Å²) < 4.78 is 0. The first-order valence-electron chi connectivity index (χ1n) is 11.9. The summed E-state index contributed by atoms with van der Waals surface area (Å²) in [6.07, 6.45) is 8.86. The first-order valence-corrected chi connectivity index (χ1v) is 13.5. The van der Waals surface area contributed by atoms with E-state index in [1.54, 1.807) is 12.1 Å². The van der Waals surface area contributed by atoms with Crippen molar-refractivity contribution in [3.05, 3.63) is 22.2 Å². The van der Waals surface area contributed by atoms with E-state index in [1.807, 2.05) is 0 Å². The van der Waals surface area contributed by atoms with E-state index in [0.717, 1.165) is 64.5 Å². The molecule has 2 aliphatic rings. The third-order valence-corrected chi connectivity index (χ3v) is 8.84. The summed E-state index contributed by atoms with van der Waals surface area (Å²) in [5, 5.41) is 4.09. The first-order chi connectivity index (χ1) is 15.2. The number of hydrogen-bond donors (Lipinski definition) is 1. The summed E-state index contributed by atoms with van der Waals surface area (Å²) >= 11 is 13.8. The predicted octanol–water partition coefficient (Wildman–Crippen LogP) is 7.28. The van der Waals surface area contributed by atoms with Gasteiger partial charge < -0.3 is 10.2 Å². The Balaban J connectivity index is 1.79. The van der Waals surface area contributed by atoms with Crippen molar-refractivity contribution in [1.29, 1.82) is 0 Å². The standard InChI is InChI=1S/C25H36Cl2N2O2S/c1-17(2)7-12-25(10-5-4-6-11-25)24(31)28-21-15-19(26)20(27)16-22(21)32-23(30)18-8-13-29(3)14-9-18/h15-18H,4-14H2,1-3H3,(H,28,31). The number of nitrogens with one attached hydrogen (secondary N) is 1. The van der Waals surface area contributed by atoms with Crippen molar-refractivity contribution in [1.82, 2.24) is 4.90 Å². The lowest BCUT2D eigenvalue weighted by Crippen LogP contribution is -2.38. The van der Waals surface area contributed by atoms with Crippen LogP contribution in [0, 0.1) is 17.3 Å². The van der Waals surface area contributed by atoms with Crippen molar-refractivity contribution in [3.63, 3.8) is 0 Å². The molecular formula is C25H36Cl2N2O2S. The van der Waals surface area contributed by atoms with E-state index in [4.69, 9.17) is 23.2 Å². The molecule has 0 radical (unpaired) electrons. The molecule has 1 aromatic rings. The molecule has 178 valence electrons. The van der Waals surface area contributed by atoms with E-state index in [-0.39, 0.29) is 22.4 Å². The van der Waals surface area contributed by atoms with Crippen LogP contribution < -0.4 is 5.32 Å². The molecule has 1 saturated carbocycles. The summed E-state index contributed by atoms with van der Waals surface area (Å²) in [4.78, 5) is 29.5. The van der Waals surface area contributed by atoms with Gasteiger partial charge in [-0.1, -0.05) is 56.3 Å². The molecule has 32 heavy (non-hydrogen) atoms. The maximum absolute atomic E-state index is 13.6. The Morgan fingerprint density at radius 2 is 1.75 bits per heavy atom. The second kappa shape index (κ2) is 11.6. The highest BCUT2D eigenvalue weighted by atomic mass is 35.5. The van der Waals surface area contributed by atoms with Crippen LogP contribution in [-0.2, 0) is 9.59 Å². The zero-order valence-corrected chi connectivity index (χ0v) is 21.8. The molecule has 1 heterocycles. The molecule has 0 aromatic heterocycles. The number of carbonyl (C=O) groups is 2. The second-order valence-electron chi connectivity index (χ2n) is 9.99. The molecule has 1 aliphatic carbocycles. The monoisotopic (exact) mass is 498 g/mol. The molecular weight excluding hydrogens is 463 g/mol. The SMILES string of the molecule is CC(C)CCC1(C(=O)Nc2cc(Cl)c(Cl)cc2SC(=O)C2CCN(C)CC2)CCCCC1. The lowest BCUT2D eigenvalue weighted by atomic mass is 9.69. The van der Waals surface area contributed by atoms with Gasteiger partial charge in [-0.05, 0) is 88.5 Å². The largest absolute Gasteiger partial charge is 0.325 e. The van der Waals surface area contributed by atoms with E-state index in [9.17, 15) is 9.59 Å². The van der Waals surface area contributed by atoms with Crippen molar-refractivity contribution < 1.29 is 9.59 Å². The van der Waals surface area contributed by atoms with Crippen molar-refractivity contribution in [2.24, 2.45) is 17.3 Å². The van der Waals surface area contributed by atoms with E-state index >= 15 is 0 Å². The number of rotatable bonds is 7. The van der Waals surface area contributed by atoms with Crippen molar-refractivity contribution >= 4 is 51.7 Å². The normalized spacial score (nSPS) is 19.8. The fourth-order valence-electron chi connectivity index (χ4n) is 4.79. The van der Waals surface area contributed by atoms with Gasteiger partial charge in [0, 0.05) is 16.2 Å². The lowest BCUT2D eigenvalue weighted by Gasteiger charge is -2.36.